The van der Waals surface area contributed by atoms with E-state index < -0.39 is 0 Å². The van der Waals surface area contributed by atoms with Crippen molar-refractivity contribution in [2.75, 3.05) is 26.7 Å². The topological polar surface area (TPSA) is 58.8 Å². The molecule has 152 valence electrons. The van der Waals surface area contributed by atoms with Crippen LogP contribution in [0, 0.1) is 11.8 Å². The van der Waals surface area contributed by atoms with Gasteiger partial charge in [-0.25, -0.2) is 0 Å². The van der Waals surface area contributed by atoms with E-state index in [1.165, 1.54) is 45.2 Å². The molecule has 6 nitrogen and oxygen atoms in total. The number of carbonyl (C=O) groups excluding carboxylic acids is 1. The zero-order chi connectivity index (χ0) is 19.1. The Morgan fingerprint density at radius 3 is 3.11 bits per heavy atom. The average molecular weight is 386 g/mol. The zero-order valence-electron chi connectivity index (χ0n) is 16.8. The predicted octanol–water partition coefficient (Wildman–Crippen LogP) is 3.04. The Balaban J connectivity index is 1.30. The second-order valence-corrected chi connectivity index (χ2v) is 8.93. The number of ether oxygens (including phenoxy) is 1. The highest BCUT2D eigenvalue weighted by atomic mass is 16.5. The number of methoxy groups -OCH3 is 1. The van der Waals surface area contributed by atoms with Crippen molar-refractivity contribution in [2.45, 2.75) is 63.5 Å². The summed E-state index contributed by atoms with van der Waals surface area (Å²) in [6.45, 7) is 3.31. The van der Waals surface area contributed by atoms with Crippen molar-refractivity contribution in [3.05, 3.63) is 23.5 Å². The first-order chi connectivity index (χ1) is 13.7. The first kappa shape index (κ1) is 18.2. The maximum Gasteiger partial charge on any atom is 0.254 e. The summed E-state index contributed by atoms with van der Waals surface area (Å²) < 4.78 is 10.3. The van der Waals surface area contributed by atoms with Gasteiger partial charge in [0, 0.05) is 38.0 Å². The van der Waals surface area contributed by atoms with Crippen LogP contribution in [0.2, 0.25) is 0 Å². The molecular formula is C22H31N3O3. The SMILES string of the molecule is COc1cc(CCC(=O)N2CCCC3=C[C@H]4C[C@H](CN5CCCC[C@@H]45)[C@H]32)on1. The van der Waals surface area contributed by atoms with Crippen LogP contribution in [-0.4, -0.2) is 59.7 Å². The number of likely N-dealkylation sites (tertiary alicyclic amines) is 1. The smallest absolute Gasteiger partial charge is 0.254 e. The van der Waals surface area contributed by atoms with E-state index in [1.807, 2.05) is 0 Å². The van der Waals surface area contributed by atoms with Crippen LogP contribution in [0.4, 0.5) is 0 Å². The van der Waals surface area contributed by atoms with Gasteiger partial charge in [0.05, 0.1) is 13.2 Å². The monoisotopic (exact) mass is 385 g/mol. The normalized spacial score (nSPS) is 32.3. The largest absolute Gasteiger partial charge is 0.479 e. The number of nitrogens with zero attached hydrogens (tertiary/aromatic N) is 3. The average Bonchev–Trinajstić information content (AvgIpc) is 3.20. The molecule has 4 heterocycles. The summed E-state index contributed by atoms with van der Waals surface area (Å²) in [6.07, 6.45) is 11.2. The van der Waals surface area contributed by atoms with Gasteiger partial charge in [0.15, 0.2) is 0 Å². The lowest BCUT2D eigenvalue weighted by Crippen LogP contribution is -2.60. The van der Waals surface area contributed by atoms with Gasteiger partial charge in [-0.05, 0) is 55.6 Å². The van der Waals surface area contributed by atoms with Crippen LogP contribution < -0.4 is 4.74 Å². The molecule has 0 saturated carbocycles. The number of fused-ring (bicyclic) bond motifs is 6. The van der Waals surface area contributed by atoms with Gasteiger partial charge in [0.25, 0.3) is 5.88 Å². The minimum Gasteiger partial charge on any atom is -0.479 e. The summed E-state index contributed by atoms with van der Waals surface area (Å²) >= 11 is 0. The molecule has 0 N–H and O–H groups in total. The Labute approximate surface area is 166 Å². The second-order valence-electron chi connectivity index (χ2n) is 8.93. The first-order valence-corrected chi connectivity index (χ1v) is 11.0. The molecule has 0 spiro atoms. The summed E-state index contributed by atoms with van der Waals surface area (Å²) in [5.41, 5.74) is 1.55. The summed E-state index contributed by atoms with van der Waals surface area (Å²) in [5.74, 6) is 2.76. The zero-order valence-corrected chi connectivity index (χ0v) is 16.8. The maximum atomic E-state index is 13.1. The van der Waals surface area contributed by atoms with E-state index in [0.717, 1.165) is 24.8 Å². The van der Waals surface area contributed by atoms with E-state index in [-0.39, 0.29) is 5.91 Å². The summed E-state index contributed by atoms with van der Waals surface area (Å²) in [7, 11) is 1.57. The third-order valence-electron chi connectivity index (χ3n) is 7.31. The van der Waals surface area contributed by atoms with Crippen molar-refractivity contribution in [3.63, 3.8) is 0 Å². The molecule has 28 heavy (non-hydrogen) atoms. The standard InChI is InChI=1S/C22H31N3O3/c1-27-20-13-18(28-23-20)7-8-21(26)25-10-4-5-15-11-16-12-17(22(15)25)14-24-9-3-2-6-19(16)24/h11,13,16-17,19,22H,2-10,12,14H2,1H3/t16-,17+,19-,22-/m0/s1. The number of carbonyl (C=O) groups is 1. The fourth-order valence-electron chi connectivity index (χ4n) is 6.13. The minimum absolute atomic E-state index is 0.255. The molecule has 2 bridgehead atoms. The van der Waals surface area contributed by atoms with Crippen LogP contribution in [0.1, 0.15) is 50.7 Å². The highest BCUT2D eigenvalue weighted by molar-refractivity contribution is 5.77. The molecule has 0 radical (unpaired) electrons. The molecule has 1 amide bonds. The Bertz CT molecular complexity index is 758. The molecule has 5 rings (SSSR count). The van der Waals surface area contributed by atoms with E-state index in [0.29, 0.717) is 36.6 Å². The molecule has 3 fully saturated rings. The Morgan fingerprint density at radius 1 is 1.32 bits per heavy atom. The van der Waals surface area contributed by atoms with Crippen LogP contribution in [-0.2, 0) is 11.2 Å². The third-order valence-corrected chi connectivity index (χ3v) is 7.31. The fourth-order valence-corrected chi connectivity index (χ4v) is 6.13. The van der Waals surface area contributed by atoms with E-state index >= 15 is 0 Å². The van der Waals surface area contributed by atoms with Gasteiger partial charge in [-0.2, -0.15) is 0 Å². The Hall–Kier alpha value is -1.82. The van der Waals surface area contributed by atoms with Crippen molar-refractivity contribution in [2.24, 2.45) is 11.8 Å². The van der Waals surface area contributed by atoms with Crippen LogP contribution in [0.15, 0.2) is 22.2 Å². The van der Waals surface area contributed by atoms with Crippen molar-refractivity contribution in [1.82, 2.24) is 15.0 Å². The van der Waals surface area contributed by atoms with Gasteiger partial charge in [-0.3, -0.25) is 9.69 Å². The quantitative estimate of drug-likeness (QED) is 0.746. The van der Waals surface area contributed by atoms with E-state index in [2.05, 4.69) is 21.0 Å². The summed E-state index contributed by atoms with van der Waals surface area (Å²) in [4.78, 5) is 18.1. The maximum absolute atomic E-state index is 13.1. The van der Waals surface area contributed by atoms with Gasteiger partial charge in [0.2, 0.25) is 5.91 Å². The molecule has 4 aliphatic rings. The van der Waals surface area contributed by atoms with Crippen molar-refractivity contribution in [3.8, 4) is 5.88 Å². The lowest BCUT2D eigenvalue weighted by atomic mass is 9.68. The molecule has 1 aromatic rings. The van der Waals surface area contributed by atoms with Gasteiger partial charge >= 0.3 is 0 Å². The number of aromatic nitrogens is 1. The number of aryl methyl sites for hydroxylation is 1. The lowest BCUT2D eigenvalue weighted by Gasteiger charge is -2.54. The number of hydrogen-bond donors (Lipinski definition) is 0. The highest BCUT2D eigenvalue weighted by Crippen LogP contribution is 2.45. The molecule has 6 heteroatoms. The van der Waals surface area contributed by atoms with Crippen molar-refractivity contribution < 1.29 is 14.1 Å². The highest BCUT2D eigenvalue weighted by Gasteiger charge is 2.46. The van der Waals surface area contributed by atoms with Crippen molar-refractivity contribution in [1.29, 1.82) is 0 Å². The molecule has 0 unspecified atom stereocenters. The van der Waals surface area contributed by atoms with Gasteiger partial charge in [-0.1, -0.05) is 18.1 Å². The first-order valence-electron chi connectivity index (χ1n) is 11.0. The number of piperidine rings is 3. The van der Waals surface area contributed by atoms with Crippen LogP contribution >= 0.6 is 0 Å². The van der Waals surface area contributed by atoms with Gasteiger partial charge in [-0.15, -0.1) is 0 Å². The summed E-state index contributed by atoms with van der Waals surface area (Å²) in [5, 5.41) is 3.83. The van der Waals surface area contributed by atoms with Crippen LogP contribution in [0.3, 0.4) is 0 Å². The molecule has 3 aliphatic heterocycles. The van der Waals surface area contributed by atoms with E-state index in [9.17, 15) is 4.79 Å². The molecule has 3 saturated heterocycles. The molecule has 4 atom stereocenters. The van der Waals surface area contributed by atoms with Gasteiger partial charge < -0.3 is 14.2 Å². The van der Waals surface area contributed by atoms with E-state index in [1.54, 1.807) is 18.7 Å². The fraction of sp³-hybridized carbons (Fsp3) is 0.727. The predicted molar refractivity (Wildman–Crippen MR) is 105 cm³/mol. The van der Waals surface area contributed by atoms with Crippen LogP contribution in [0.5, 0.6) is 5.88 Å². The Kier molecular flexibility index (Phi) is 4.91. The van der Waals surface area contributed by atoms with Crippen molar-refractivity contribution >= 4 is 5.91 Å². The third kappa shape index (κ3) is 3.25. The molecular weight excluding hydrogens is 354 g/mol. The second kappa shape index (κ2) is 7.54. The number of amides is 1. The number of rotatable bonds is 4. The molecule has 1 aromatic heterocycles. The van der Waals surface area contributed by atoms with E-state index in [4.69, 9.17) is 9.26 Å². The lowest BCUT2D eigenvalue weighted by molar-refractivity contribution is -0.136. The molecule has 1 aliphatic carbocycles. The number of hydrogen-bond acceptors (Lipinski definition) is 5. The minimum atomic E-state index is 0.255. The van der Waals surface area contributed by atoms with Gasteiger partial charge in [0.1, 0.15) is 5.76 Å². The molecule has 0 aromatic carbocycles. The Morgan fingerprint density at radius 2 is 2.25 bits per heavy atom. The summed E-state index contributed by atoms with van der Waals surface area (Å²) in [6, 6.07) is 2.85. The van der Waals surface area contributed by atoms with Crippen LogP contribution in [0.25, 0.3) is 0 Å².